The first-order chi connectivity index (χ1) is 12.5. The van der Waals surface area contributed by atoms with Gasteiger partial charge in [-0.1, -0.05) is 30.3 Å². The Hall–Kier alpha value is -1.03. The summed E-state index contributed by atoms with van der Waals surface area (Å²) in [5, 5.41) is 10.3. The van der Waals surface area contributed by atoms with Crippen molar-refractivity contribution in [1.29, 1.82) is 0 Å². The van der Waals surface area contributed by atoms with E-state index in [1.807, 2.05) is 30.3 Å². The summed E-state index contributed by atoms with van der Waals surface area (Å²) in [7, 11) is -3.29. The van der Waals surface area contributed by atoms with E-state index in [0.29, 0.717) is 39.3 Å². The van der Waals surface area contributed by atoms with Crippen LogP contribution in [0, 0.1) is 0 Å². The van der Waals surface area contributed by atoms with Gasteiger partial charge in [0.05, 0.1) is 25.1 Å². The number of aliphatic hydroxyl groups is 1. The Morgan fingerprint density at radius 1 is 0.923 bits per heavy atom. The zero-order valence-corrected chi connectivity index (χ0v) is 16.0. The highest BCUT2D eigenvalue weighted by molar-refractivity contribution is 7.88. The molecule has 7 nitrogen and oxygen atoms in total. The minimum atomic E-state index is -3.29. The van der Waals surface area contributed by atoms with Gasteiger partial charge in [-0.15, -0.1) is 0 Å². The maximum absolute atomic E-state index is 12.6. The molecule has 0 radical (unpaired) electrons. The Morgan fingerprint density at radius 2 is 1.50 bits per heavy atom. The topological polar surface area (TPSA) is 73.3 Å². The number of ether oxygens (including phenoxy) is 1. The molecule has 0 aromatic heterocycles. The Kier molecular flexibility index (Phi) is 7.02. The lowest BCUT2D eigenvalue weighted by Gasteiger charge is -2.36. The molecule has 26 heavy (non-hydrogen) atoms. The summed E-state index contributed by atoms with van der Waals surface area (Å²) in [6.07, 6.45) is -0.416. The summed E-state index contributed by atoms with van der Waals surface area (Å²) in [5.41, 5.74) is 0.816. The van der Waals surface area contributed by atoms with Gasteiger partial charge in [0.2, 0.25) is 10.0 Å². The van der Waals surface area contributed by atoms with E-state index in [1.54, 1.807) is 4.31 Å². The lowest BCUT2D eigenvalue weighted by atomic mass is 10.2. The highest BCUT2D eigenvalue weighted by Gasteiger charge is 2.28. The number of hydrogen-bond donors (Lipinski definition) is 1. The van der Waals surface area contributed by atoms with Gasteiger partial charge in [-0.05, 0) is 5.56 Å². The third kappa shape index (κ3) is 5.73. The van der Waals surface area contributed by atoms with Gasteiger partial charge in [0.1, 0.15) is 0 Å². The molecule has 146 valence electrons. The molecule has 2 aliphatic heterocycles. The number of nitrogens with zero attached hydrogens (tertiary/aromatic N) is 3. The van der Waals surface area contributed by atoms with Crippen LogP contribution in [0.4, 0.5) is 0 Å². The third-order valence-corrected chi connectivity index (χ3v) is 6.81. The smallest absolute Gasteiger partial charge is 0.218 e. The molecule has 1 unspecified atom stereocenters. The van der Waals surface area contributed by atoms with Crippen LogP contribution in [0.2, 0.25) is 0 Å². The molecule has 0 aliphatic carbocycles. The molecule has 1 aromatic rings. The molecule has 0 saturated carbocycles. The molecule has 1 N–H and O–H groups in total. The number of morpholine rings is 1. The maximum Gasteiger partial charge on any atom is 0.218 e. The number of sulfonamides is 1. The second-order valence-corrected chi connectivity index (χ2v) is 8.98. The molecule has 0 spiro atoms. The lowest BCUT2D eigenvalue weighted by molar-refractivity contribution is 0.00469. The minimum Gasteiger partial charge on any atom is -0.390 e. The normalized spacial score (nSPS) is 22.3. The quantitative estimate of drug-likeness (QED) is 0.705. The predicted octanol–water partition coefficient (Wildman–Crippen LogP) is -0.173. The van der Waals surface area contributed by atoms with E-state index in [1.165, 1.54) is 0 Å². The molecule has 2 heterocycles. The van der Waals surface area contributed by atoms with Gasteiger partial charge >= 0.3 is 0 Å². The Labute approximate surface area is 156 Å². The molecule has 2 saturated heterocycles. The van der Waals surface area contributed by atoms with E-state index < -0.39 is 16.1 Å². The van der Waals surface area contributed by atoms with E-state index in [4.69, 9.17) is 4.74 Å². The fourth-order valence-electron chi connectivity index (χ4n) is 3.50. The van der Waals surface area contributed by atoms with Crippen LogP contribution in [0.5, 0.6) is 0 Å². The van der Waals surface area contributed by atoms with Crippen LogP contribution >= 0.6 is 0 Å². The van der Waals surface area contributed by atoms with Crippen LogP contribution in [0.25, 0.3) is 0 Å². The predicted molar refractivity (Wildman–Crippen MR) is 100 cm³/mol. The number of rotatable bonds is 7. The van der Waals surface area contributed by atoms with Crippen LogP contribution in [-0.4, -0.2) is 99.3 Å². The van der Waals surface area contributed by atoms with Crippen molar-refractivity contribution in [3.63, 3.8) is 0 Å². The van der Waals surface area contributed by atoms with Crippen molar-refractivity contribution in [2.45, 2.75) is 11.9 Å². The van der Waals surface area contributed by atoms with Crippen molar-refractivity contribution in [2.75, 3.05) is 65.6 Å². The molecule has 0 bridgehead atoms. The van der Waals surface area contributed by atoms with E-state index in [0.717, 1.165) is 31.9 Å². The fraction of sp³-hybridized carbons (Fsp3) is 0.667. The summed E-state index contributed by atoms with van der Waals surface area (Å²) in [5.74, 6) is 0.0491. The Bertz CT molecular complexity index is 642. The van der Waals surface area contributed by atoms with Crippen molar-refractivity contribution in [3.05, 3.63) is 35.9 Å². The number of β-amino-alcohol motifs (C(OH)–C–C–N with tert-alkyl or cyclic N) is 1. The molecule has 1 atom stereocenters. The van der Waals surface area contributed by atoms with Gasteiger partial charge < -0.3 is 9.84 Å². The molecule has 2 aliphatic rings. The average molecular weight is 384 g/mol. The van der Waals surface area contributed by atoms with Gasteiger partial charge in [-0.3, -0.25) is 9.80 Å². The summed E-state index contributed by atoms with van der Waals surface area (Å²) in [6.45, 7) is 6.71. The second kappa shape index (κ2) is 9.25. The highest BCUT2D eigenvalue weighted by atomic mass is 32.2. The molecule has 0 amide bonds. The van der Waals surface area contributed by atoms with Crippen LogP contribution in [0.1, 0.15) is 5.56 Å². The summed E-state index contributed by atoms with van der Waals surface area (Å²) < 4.78 is 32.1. The maximum atomic E-state index is 12.6. The van der Waals surface area contributed by atoms with Gasteiger partial charge in [0, 0.05) is 52.4 Å². The standard InChI is InChI=1S/C18H29N3O4S/c22-18(15-20-10-12-25-13-11-20)14-19-6-8-21(9-7-19)26(23,24)16-17-4-2-1-3-5-17/h1-5,18,22H,6-16H2. The summed E-state index contributed by atoms with van der Waals surface area (Å²) in [6, 6.07) is 9.29. The SMILES string of the molecule is O=S(=O)(Cc1ccccc1)N1CCN(CC(O)CN2CCOCC2)CC1. The van der Waals surface area contributed by atoms with Crippen molar-refractivity contribution >= 4 is 10.0 Å². The number of hydrogen-bond acceptors (Lipinski definition) is 6. The second-order valence-electron chi connectivity index (χ2n) is 7.01. The first-order valence-corrected chi connectivity index (χ1v) is 10.9. The van der Waals surface area contributed by atoms with Gasteiger partial charge in [-0.25, -0.2) is 8.42 Å². The van der Waals surface area contributed by atoms with Crippen LogP contribution in [0.3, 0.4) is 0 Å². The van der Waals surface area contributed by atoms with Crippen molar-refractivity contribution < 1.29 is 18.3 Å². The van der Waals surface area contributed by atoms with Crippen molar-refractivity contribution in [3.8, 4) is 0 Å². The van der Waals surface area contributed by atoms with Crippen LogP contribution < -0.4 is 0 Å². The monoisotopic (exact) mass is 383 g/mol. The van der Waals surface area contributed by atoms with E-state index >= 15 is 0 Å². The third-order valence-electron chi connectivity index (χ3n) is 4.96. The van der Waals surface area contributed by atoms with Crippen molar-refractivity contribution in [2.24, 2.45) is 0 Å². The molecule has 2 fully saturated rings. The summed E-state index contributed by atoms with van der Waals surface area (Å²) in [4.78, 5) is 4.37. The van der Waals surface area contributed by atoms with Gasteiger partial charge in [-0.2, -0.15) is 4.31 Å². The zero-order chi connectivity index (χ0) is 18.4. The zero-order valence-electron chi connectivity index (χ0n) is 15.2. The van der Waals surface area contributed by atoms with Gasteiger partial charge in [0.25, 0.3) is 0 Å². The molecule has 3 rings (SSSR count). The van der Waals surface area contributed by atoms with Crippen molar-refractivity contribution in [1.82, 2.24) is 14.1 Å². The van der Waals surface area contributed by atoms with E-state index in [-0.39, 0.29) is 5.75 Å². The fourth-order valence-corrected chi connectivity index (χ4v) is 5.02. The Balaban J connectivity index is 1.43. The van der Waals surface area contributed by atoms with E-state index in [9.17, 15) is 13.5 Å². The van der Waals surface area contributed by atoms with Gasteiger partial charge in [0.15, 0.2) is 0 Å². The first-order valence-electron chi connectivity index (χ1n) is 9.25. The average Bonchev–Trinajstić information content (AvgIpc) is 2.63. The van der Waals surface area contributed by atoms with Crippen LogP contribution in [0.15, 0.2) is 30.3 Å². The highest BCUT2D eigenvalue weighted by Crippen LogP contribution is 2.14. The van der Waals surface area contributed by atoms with Crippen LogP contribution in [-0.2, 0) is 20.5 Å². The number of piperazine rings is 1. The minimum absolute atomic E-state index is 0.0491. The lowest BCUT2D eigenvalue weighted by Crippen LogP contribution is -2.52. The Morgan fingerprint density at radius 3 is 2.12 bits per heavy atom. The largest absolute Gasteiger partial charge is 0.390 e. The number of aliphatic hydroxyl groups excluding tert-OH is 1. The molecular formula is C18H29N3O4S. The summed E-state index contributed by atoms with van der Waals surface area (Å²) >= 11 is 0. The van der Waals surface area contributed by atoms with E-state index in [2.05, 4.69) is 9.80 Å². The first kappa shape index (κ1) is 19.7. The molecule has 1 aromatic carbocycles. The molecular weight excluding hydrogens is 354 g/mol. The number of benzene rings is 1. The molecule has 8 heteroatoms.